The molecule has 0 saturated carbocycles. The molecular weight excluding hydrogens is 200 g/mol. The Morgan fingerprint density at radius 2 is 2.19 bits per heavy atom. The summed E-state index contributed by atoms with van der Waals surface area (Å²) in [5.74, 6) is 0. The van der Waals surface area contributed by atoms with Gasteiger partial charge in [0.25, 0.3) is 0 Å². The molecule has 1 aliphatic rings. The van der Waals surface area contributed by atoms with Crippen molar-refractivity contribution in [1.29, 1.82) is 0 Å². The van der Waals surface area contributed by atoms with E-state index < -0.39 is 0 Å². The molecular formula is C13H28N2O. The van der Waals surface area contributed by atoms with Crippen LogP contribution >= 0.6 is 0 Å². The highest BCUT2D eigenvalue weighted by Crippen LogP contribution is 2.16. The molecule has 1 saturated heterocycles. The van der Waals surface area contributed by atoms with Gasteiger partial charge in [-0.05, 0) is 26.8 Å². The maximum atomic E-state index is 5.61. The summed E-state index contributed by atoms with van der Waals surface area (Å²) in [4.78, 5) is 2.60. The summed E-state index contributed by atoms with van der Waals surface area (Å²) >= 11 is 0. The molecule has 0 amide bonds. The number of hydrogen-bond donors (Lipinski definition) is 1. The predicted molar refractivity (Wildman–Crippen MR) is 68.8 cm³/mol. The first-order chi connectivity index (χ1) is 7.72. The maximum absolute atomic E-state index is 5.61. The first kappa shape index (κ1) is 13.9. The minimum Gasteiger partial charge on any atom is -0.376 e. The van der Waals surface area contributed by atoms with E-state index in [1.165, 1.54) is 19.3 Å². The Balaban J connectivity index is 2.56. The Labute approximate surface area is 101 Å². The van der Waals surface area contributed by atoms with Crippen LogP contribution in [0.3, 0.4) is 0 Å². The zero-order valence-corrected chi connectivity index (χ0v) is 11.3. The van der Waals surface area contributed by atoms with Crippen LogP contribution < -0.4 is 5.32 Å². The van der Waals surface area contributed by atoms with Crippen LogP contribution in [0.25, 0.3) is 0 Å². The molecule has 1 N–H and O–H groups in total. The smallest absolute Gasteiger partial charge is 0.0674 e. The molecule has 0 radical (unpaired) electrons. The summed E-state index contributed by atoms with van der Waals surface area (Å²) in [7, 11) is 2.09. The Morgan fingerprint density at radius 3 is 2.69 bits per heavy atom. The van der Waals surface area contributed by atoms with Gasteiger partial charge in [0.15, 0.2) is 0 Å². The highest BCUT2D eigenvalue weighted by molar-refractivity contribution is 4.85. The third-order valence-electron chi connectivity index (χ3n) is 3.59. The van der Waals surface area contributed by atoms with E-state index in [0.717, 1.165) is 19.7 Å². The topological polar surface area (TPSA) is 24.5 Å². The second kappa shape index (κ2) is 7.25. The van der Waals surface area contributed by atoms with Crippen molar-refractivity contribution in [2.24, 2.45) is 0 Å². The van der Waals surface area contributed by atoms with Crippen LogP contribution in [0.1, 0.15) is 40.0 Å². The minimum atomic E-state index is 0.391. The molecule has 0 spiro atoms. The fourth-order valence-electron chi connectivity index (χ4n) is 2.78. The van der Waals surface area contributed by atoms with Gasteiger partial charge in [0.05, 0.1) is 12.7 Å². The van der Waals surface area contributed by atoms with Gasteiger partial charge >= 0.3 is 0 Å². The molecule has 0 aromatic heterocycles. The Bertz CT molecular complexity index is 187. The molecule has 1 heterocycles. The van der Waals surface area contributed by atoms with Crippen molar-refractivity contribution in [3.63, 3.8) is 0 Å². The number of ether oxygens (including phenoxy) is 1. The van der Waals surface area contributed by atoms with Gasteiger partial charge < -0.3 is 10.1 Å². The summed E-state index contributed by atoms with van der Waals surface area (Å²) < 4.78 is 5.61. The predicted octanol–water partition coefficient (Wildman–Crippen LogP) is 1.87. The van der Waals surface area contributed by atoms with E-state index in [4.69, 9.17) is 4.74 Å². The van der Waals surface area contributed by atoms with Crippen LogP contribution in [0.2, 0.25) is 0 Å². The van der Waals surface area contributed by atoms with Gasteiger partial charge in [-0.15, -0.1) is 0 Å². The average molecular weight is 228 g/mol. The lowest BCUT2D eigenvalue weighted by atomic mass is 9.98. The van der Waals surface area contributed by atoms with Crippen molar-refractivity contribution >= 4 is 0 Å². The Morgan fingerprint density at radius 1 is 1.44 bits per heavy atom. The number of morpholine rings is 1. The van der Waals surface area contributed by atoms with Gasteiger partial charge in [-0.3, -0.25) is 4.90 Å². The van der Waals surface area contributed by atoms with Gasteiger partial charge in [-0.1, -0.05) is 20.3 Å². The van der Waals surface area contributed by atoms with Crippen LogP contribution in [-0.4, -0.2) is 49.8 Å². The quantitative estimate of drug-likeness (QED) is 0.751. The zero-order valence-electron chi connectivity index (χ0n) is 11.3. The van der Waals surface area contributed by atoms with E-state index in [9.17, 15) is 0 Å². The van der Waals surface area contributed by atoms with Crippen molar-refractivity contribution < 1.29 is 4.74 Å². The Hall–Kier alpha value is -0.120. The van der Waals surface area contributed by atoms with Crippen molar-refractivity contribution in [2.45, 2.75) is 58.2 Å². The van der Waals surface area contributed by atoms with Crippen molar-refractivity contribution in [3.05, 3.63) is 0 Å². The first-order valence-electron chi connectivity index (χ1n) is 6.75. The largest absolute Gasteiger partial charge is 0.376 e. The van der Waals surface area contributed by atoms with Crippen molar-refractivity contribution in [3.8, 4) is 0 Å². The molecule has 0 aliphatic carbocycles. The number of hydrogen-bond acceptors (Lipinski definition) is 3. The molecule has 0 aromatic rings. The number of nitrogens with one attached hydrogen (secondary N) is 1. The van der Waals surface area contributed by atoms with Gasteiger partial charge in [0.2, 0.25) is 0 Å². The normalized spacial score (nSPS) is 26.6. The highest BCUT2D eigenvalue weighted by atomic mass is 16.5. The fourth-order valence-corrected chi connectivity index (χ4v) is 2.78. The fraction of sp³-hybridized carbons (Fsp3) is 1.00. The molecule has 3 nitrogen and oxygen atoms in total. The second-order valence-corrected chi connectivity index (χ2v) is 4.84. The molecule has 96 valence electrons. The van der Waals surface area contributed by atoms with Crippen molar-refractivity contribution in [2.75, 3.05) is 26.7 Å². The minimum absolute atomic E-state index is 0.391. The van der Waals surface area contributed by atoms with Crippen LogP contribution in [0.4, 0.5) is 0 Å². The summed E-state index contributed by atoms with van der Waals surface area (Å²) in [6.07, 6.45) is 4.13. The van der Waals surface area contributed by atoms with Gasteiger partial charge in [-0.25, -0.2) is 0 Å². The van der Waals surface area contributed by atoms with Gasteiger partial charge in [0.1, 0.15) is 0 Å². The molecule has 16 heavy (non-hydrogen) atoms. The monoisotopic (exact) mass is 228 g/mol. The summed E-state index contributed by atoms with van der Waals surface area (Å²) in [6, 6.07) is 1.29. The van der Waals surface area contributed by atoms with E-state index >= 15 is 0 Å². The second-order valence-electron chi connectivity index (χ2n) is 4.84. The highest BCUT2D eigenvalue weighted by Gasteiger charge is 2.27. The number of likely N-dealkylation sites (N-methyl/N-ethyl adjacent to an activating group) is 1. The molecule has 3 heteroatoms. The molecule has 1 aliphatic heterocycles. The third-order valence-corrected chi connectivity index (χ3v) is 3.59. The van der Waals surface area contributed by atoms with Crippen molar-refractivity contribution in [1.82, 2.24) is 10.2 Å². The average Bonchev–Trinajstić information content (AvgIpc) is 2.29. The van der Waals surface area contributed by atoms with Crippen LogP contribution in [0.5, 0.6) is 0 Å². The molecule has 3 atom stereocenters. The molecule has 0 aromatic carbocycles. The summed E-state index contributed by atoms with van der Waals surface area (Å²) in [5.41, 5.74) is 0. The summed E-state index contributed by atoms with van der Waals surface area (Å²) in [6.45, 7) is 9.79. The van der Waals surface area contributed by atoms with E-state index in [1.807, 2.05) is 0 Å². The zero-order chi connectivity index (χ0) is 12.0. The lowest BCUT2D eigenvalue weighted by molar-refractivity contribution is -0.0404. The number of rotatable bonds is 6. The van der Waals surface area contributed by atoms with Crippen LogP contribution in [0, 0.1) is 0 Å². The van der Waals surface area contributed by atoms with Gasteiger partial charge in [0, 0.05) is 25.2 Å². The SMILES string of the molecule is CCCC(NC)C(CC)N1CCOC(C)C1. The van der Waals surface area contributed by atoms with Crippen LogP contribution in [0.15, 0.2) is 0 Å². The van der Waals surface area contributed by atoms with Gasteiger partial charge in [-0.2, -0.15) is 0 Å². The molecule has 3 unspecified atom stereocenters. The van der Waals surface area contributed by atoms with E-state index in [0.29, 0.717) is 18.2 Å². The molecule has 1 rings (SSSR count). The van der Waals surface area contributed by atoms with E-state index in [2.05, 4.69) is 38.0 Å². The van der Waals surface area contributed by atoms with Crippen LogP contribution in [-0.2, 0) is 4.74 Å². The Kier molecular flexibility index (Phi) is 6.32. The lowest BCUT2D eigenvalue weighted by Gasteiger charge is -2.40. The summed E-state index contributed by atoms with van der Waals surface area (Å²) in [5, 5.41) is 3.48. The third kappa shape index (κ3) is 3.72. The molecule has 1 fully saturated rings. The standard InChI is InChI=1S/C13H28N2O/c1-5-7-12(14-4)13(6-2)15-8-9-16-11(3)10-15/h11-14H,5-10H2,1-4H3. The molecule has 0 bridgehead atoms. The van der Waals surface area contributed by atoms with E-state index in [1.54, 1.807) is 0 Å². The first-order valence-corrected chi connectivity index (χ1v) is 6.75. The van der Waals surface area contributed by atoms with E-state index in [-0.39, 0.29) is 0 Å². The number of nitrogens with zero attached hydrogens (tertiary/aromatic N) is 1. The maximum Gasteiger partial charge on any atom is 0.0674 e. The lowest BCUT2D eigenvalue weighted by Crippen LogP contribution is -2.54.